The summed E-state index contributed by atoms with van der Waals surface area (Å²) in [5.74, 6) is 1.27. The van der Waals surface area contributed by atoms with Crippen molar-refractivity contribution in [3.63, 3.8) is 0 Å². The molecule has 0 saturated heterocycles. The first-order valence-corrected chi connectivity index (χ1v) is 7.32. The quantitative estimate of drug-likeness (QED) is 0.814. The first kappa shape index (κ1) is 12.2. The zero-order chi connectivity index (χ0) is 12.3. The minimum absolute atomic E-state index is 0.306. The molecule has 0 unspecified atom stereocenters. The Morgan fingerprint density at radius 1 is 0.941 bits per heavy atom. The van der Waals surface area contributed by atoms with Crippen LogP contribution in [0.25, 0.3) is 0 Å². The molecule has 0 aliphatic carbocycles. The van der Waals surface area contributed by atoms with E-state index in [1.54, 1.807) is 48.5 Å². The predicted molar refractivity (Wildman–Crippen MR) is 71.2 cm³/mol. The van der Waals surface area contributed by atoms with Crippen molar-refractivity contribution in [1.29, 1.82) is 0 Å². The smallest absolute Gasteiger partial charge is 0.154 e. The van der Waals surface area contributed by atoms with Crippen molar-refractivity contribution < 1.29 is 8.42 Å². The number of benzene rings is 2. The molecular weight excluding hydrogens is 300 g/mol. The number of halogens is 1. The second-order valence-corrected chi connectivity index (χ2v) is 6.24. The molecule has 0 aliphatic heterocycles. The van der Waals surface area contributed by atoms with Crippen molar-refractivity contribution in [3.05, 3.63) is 70.4 Å². The third kappa shape index (κ3) is 3.11. The van der Waals surface area contributed by atoms with Crippen LogP contribution < -0.4 is 0 Å². The molecule has 0 saturated carbocycles. The Labute approximate surface area is 109 Å². The van der Waals surface area contributed by atoms with Gasteiger partial charge in [0, 0.05) is 0 Å². The zero-order valence-electron chi connectivity index (χ0n) is 8.88. The van der Waals surface area contributed by atoms with Gasteiger partial charge in [-0.15, -0.1) is 12.1 Å². The van der Waals surface area contributed by atoms with E-state index in [2.05, 4.69) is 15.9 Å². The van der Waals surface area contributed by atoms with Crippen molar-refractivity contribution in [2.45, 2.75) is 4.90 Å². The predicted octanol–water partition coefficient (Wildman–Crippen LogP) is 3.43. The fourth-order valence-corrected chi connectivity index (χ4v) is 3.03. The Kier molecular flexibility index (Phi) is 3.54. The molecule has 2 nitrogen and oxygen atoms in total. The molecule has 0 N–H and O–H groups in total. The Hall–Kier alpha value is -1.26. The highest BCUT2D eigenvalue weighted by atomic mass is 79.9. The van der Waals surface area contributed by atoms with Gasteiger partial charge >= 0.3 is 0 Å². The van der Waals surface area contributed by atoms with Crippen molar-refractivity contribution in [2.75, 3.05) is 0 Å². The van der Waals surface area contributed by atoms with Gasteiger partial charge in [-0.1, -0.05) is 45.9 Å². The van der Waals surface area contributed by atoms with Gasteiger partial charge in [-0.05, 0) is 16.6 Å². The van der Waals surface area contributed by atoms with E-state index in [1.807, 2.05) is 6.07 Å². The molecule has 0 heterocycles. The van der Waals surface area contributed by atoms with Gasteiger partial charge in [-0.2, -0.15) is 11.6 Å². The molecule has 0 amide bonds. The van der Waals surface area contributed by atoms with Crippen LogP contribution in [0.3, 0.4) is 0 Å². The Morgan fingerprint density at radius 2 is 1.65 bits per heavy atom. The molecule has 4 heteroatoms. The highest BCUT2D eigenvalue weighted by Gasteiger charge is 2.09. The summed E-state index contributed by atoms with van der Waals surface area (Å²) < 4.78 is 24.9. The maximum Gasteiger partial charge on any atom is 0.154 e. The van der Waals surface area contributed by atoms with Crippen molar-refractivity contribution in [3.8, 4) is 0 Å². The molecule has 0 bridgehead atoms. The van der Waals surface area contributed by atoms with Gasteiger partial charge in [0.25, 0.3) is 0 Å². The summed E-state index contributed by atoms with van der Waals surface area (Å²) in [5.41, 5.74) is 0.656. The highest BCUT2D eigenvalue weighted by Crippen LogP contribution is 2.20. The second-order valence-electron chi connectivity index (χ2n) is 3.53. The average Bonchev–Trinajstić information content (AvgIpc) is 2.29. The summed E-state index contributed by atoms with van der Waals surface area (Å²) >= 11 is 3.31. The number of hydrogen-bond donors (Lipinski definition) is 0. The van der Waals surface area contributed by atoms with E-state index in [0.717, 1.165) is 4.47 Å². The van der Waals surface area contributed by atoms with E-state index in [1.165, 1.54) is 5.75 Å². The van der Waals surface area contributed by atoms with E-state index in [0.29, 0.717) is 10.5 Å². The van der Waals surface area contributed by atoms with E-state index < -0.39 is 9.84 Å². The van der Waals surface area contributed by atoms with Gasteiger partial charge in [0.15, 0.2) is 9.84 Å². The lowest BCUT2D eigenvalue weighted by molar-refractivity contribution is 0.602. The first-order valence-electron chi connectivity index (χ1n) is 4.98. The second kappa shape index (κ2) is 4.94. The summed E-state index contributed by atoms with van der Waals surface area (Å²) in [6.45, 7) is 0. The summed E-state index contributed by atoms with van der Waals surface area (Å²) in [6, 6.07) is 15.6. The molecule has 17 heavy (non-hydrogen) atoms. The third-order valence-electron chi connectivity index (χ3n) is 2.21. The van der Waals surface area contributed by atoms with Crippen LogP contribution in [0.15, 0.2) is 64.0 Å². The van der Waals surface area contributed by atoms with Gasteiger partial charge in [0.2, 0.25) is 0 Å². The first-order chi connectivity index (χ1) is 8.08. The van der Waals surface area contributed by atoms with Crippen LogP contribution in [0, 0.1) is 5.75 Å². The summed E-state index contributed by atoms with van der Waals surface area (Å²) in [4.78, 5) is 0.306. The summed E-state index contributed by atoms with van der Waals surface area (Å²) in [7, 11) is -3.38. The van der Waals surface area contributed by atoms with E-state index in [4.69, 9.17) is 0 Å². The van der Waals surface area contributed by atoms with Crippen molar-refractivity contribution in [1.82, 2.24) is 0 Å². The van der Waals surface area contributed by atoms with Crippen LogP contribution in [0.4, 0.5) is 0 Å². The summed E-state index contributed by atoms with van der Waals surface area (Å²) in [5, 5.41) is 0. The molecule has 2 aromatic carbocycles. The van der Waals surface area contributed by atoms with Crippen LogP contribution >= 0.6 is 15.9 Å². The molecule has 0 aromatic heterocycles. The lowest BCUT2D eigenvalue weighted by Crippen LogP contribution is -2.02. The minimum Gasteiger partial charge on any atom is -0.232 e. The molecule has 0 atom stereocenters. The van der Waals surface area contributed by atoms with E-state index >= 15 is 0 Å². The van der Waals surface area contributed by atoms with Gasteiger partial charge in [0.1, 0.15) is 0 Å². The lowest BCUT2D eigenvalue weighted by Gasteiger charge is -2.11. The average molecular weight is 310 g/mol. The molecule has 2 rings (SSSR count). The van der Waals surface area contributed by atoms with E-state index in [9.17, 15) is 8.42 Å². The SMILES string of the molecule is O=S(=O)([CH-]c1cccc(Br)c1)c1ccccc1. The van der Waals surface area contributed by atoms with Gasteiger partial charge < -0.3 is 0 Å². The van der Waals surface area contributed by atoms with Crippen LogP contribution in [0.1, 0.15) is 5.56 Å². The molecule has 0 radical (unpaired) electrons. The molecule has 0 spiro atoms. The van der Waals surface area contributed by atoms with Crippen LogP contribution in [-0.4, -0.2) is 8.42 Å². The van der Waals surface area contributed by atoms with Gasteiger partial charge in [-0.3, -0.25) is 0 Å². The van der Waals surface area contributed by atoms with Gasteiger partial charge in [0.05, 0.1) is 4.90 Å². The largest absolute Gasteiger partial charge is 0.232 e. The van der Waals surface area contributed by atoms with E-state index in [-0.39, 0.29) is 0 Å². The Bertz CT molecular complexity index is 606. The molecule has 2 aromatic rings. The Morgan fingerprint density at radius 3 is 2.29 bits per heavy atom. The van der Waals surface area contributed by atoms with Crippen LogP contribution in [-0.2, 0) is 9.84 Å². The monoisotopic (exact) mass is 309 g/mol. The maximum absolute atomic E-state index is 12.0. The number of rotatable bonds is 3. The standard InChI is InChI=1S/C13H10BrO2S/c14-12-6-4-5-11(9-12)10-17(15,16)13-7-2-1-3-8-13/h1-10H/q-1. The number of hydrogen-bond acceptors (Lipinski definition) is 2. The van der Waals surface area contributed by atoms with Crippen molar-refractivity contribution >= 4 is 25.8 Å². The molecule has 0 fully saturated rings. The third-order valence-corrected chi connectivity index (χ3v) is 4.22. The lowest BCUT2D eigenvalue weighted by atomic mass is 10.2. The topological polar surface area (TPSA) is 34.1 Å². The zero-order valence-corrected chi connectivity index (χ0v) is 11.3. The fourth-order valence-electron chi connectivity index (χ4n) is 1.44. The van der Waals surface area contributed by atoms with Gasteiger partial charge in [-0.25, -0.2) is 8.42 Å². The molecule has 0 aliphatic rings. The van der Waals surface area contributed by atoms with Crippen molar-refractivity contribution in [2.24, 2.45) is 0 Å². The maximum atomic E-state index is 12.0. The normalized spacial score (nSPS) is 11.1. The molecular formula is C13H10BrO2S-. The van der Waals surface area contributed by atoms with Crippen LogP contribution in [0.2, 0.25) is 0 Å². The number of sulfone groups is 1. The minimum atomic E-state index is -3.38. The fraction of sp³-hybridized carbons (Fsp3) is 0. The Balaban J connectivity index is 2.30. The van der Waals surface area contributed by atoms with Crippen LogP contribution in [0.5, 0.6) is 0 Å². The highest BCUT2D eigenvalue weighted by molar-refractivity contribution is 9.10. The molecule has 88 valence electrons. The summed E-state index contributed by atoms with van der Waals surface area (Å²) in [6.07, 6.45) is 0.